The van der Waals surface area contributed by atoms with Crippen LogP contribution in [0.1, 0.15) is 37.0 Å². The predicted octanol–water partition coefficient (Wildman–Crippen LogP) is 4.96. The van der Waals surface area contributed by atoms with Crippen molar-refractivity contribution in [3.63, 3.8) is 0 Å². The number of nitrogens with zero attached hydrogens (tertiary/aromatic N) is 1. The monoisotopic (exact) mass is 331 g/mol. The van der Waals surface area contributed by atoms with Gasteiger partial charge in [0.2, 0.25) is 5.91 Å². The third-order valence-corrected chi connectivity index (χ3v) is 4.05. The molecule has 0 unspecified atom stereocenters. The molecule has 2 nitrogen and oxygen atoms in total. The Bertz CT molecular complexity index is 740. The fourth-order valence-corrected chi connectivity index (χ4v) is 2.78. The average molecular weight is 331 g/mol. The number of rotatable bonds is 5. The zero-order chi connectivity index (χ0) is 17.9. The van der Waals surface area contributed by atoms with Gasteiger partial charge in [0, 0.05) is 18.2 Å². The van der Waals surface area contributed by atoms with Crippen molar-refractivity contribution in [1.29, 1.82) is 0 Å². The van der Waals surface area contributed by atoms with Gasteiger partial charge in [0.1, 0.15) is 0 Å². The molecule has 0 aliphatic heterocycles. The largest absolute Gasteiger partial charge is 0.310 e. The van der Waals surface area contributed by atoms with E-state index in [1.165, 1.54) is 12.1 Å². The minimum Gasteiger partial charge on any atom is -0.310 e. The van der Waals surface area contributed by atoms with Gasteiger partial charge in [0.05, 0.1) is 0 Å². The molecule has 0 N–H and O–H groups in total. The number of anilines is 1. The van der Waals surface area contributed by atoms with Crippen LogP contribution in [-0.4, -0.2) is 11.9 Å². The summed E-state index contributed by atoms with van der Waals surface area (Å²) in [5.41, 5.74) is 3.19. The first-order valence-electron chi connectivity index (χ1n) is 8.13. The van der Waals surface area contributed by atoms with Crippen LogP contribution in [-0.2, 0) is 11.2 Å². The molecule has 0 bridgehead atoms. The second-order valence-corrected chi connectivity index (χ2v) is 6.36. The van der Waals surface area contributed by atoms with Crippen molar-refractivity contribution < 1.29 is 13.6 Å². The van der Waals surface area contributed by atoms with Crippen molar-refractivity contribution in [2.24, 2.45) is 0 Å². The Morgan fingerprint density at radius 3 is 2.50 bits per heavy atom. The number of hydrogen-bond donors (Lipinski definition) is 0. The molecule has 0 spiro atoms. The molecule has 0 heterocycles. The molecule has 0 aliphatic rings. The van der Waals surface area contributed by atoms with Crippen molar-refractivity contribution in [2.75, 3.05) is 4.90 Å². The highest BCUT2D eigenvalue weighted by Crippen LogP contribution is 2.25. The molecule has 128 valence electrons. The number of halogens is 2. The Hall–Kier alpha value is -2.23. The maximum absolute atomic E-state index is 13.8. The van der Waals surface area contributed by atoms with Gasteiger partial charge < -0.3 is 4.90 Å². The molecule has 1 amide bonds. The summed E-state index contributed by atoms with van der Waals surface area (Å²) in [4.78, 5) is 14.5. The van der Waals surface area contributed by atoms with Crippen LogP contribution in [0, 0.1) is 25.5 Å². The lowest BCUT2D eigenvalue weighted by atomic mass is 10.1. The Kier molecular flexibility index (Phi) is 5.71. The molecule has 4 heteroatoms. The van der Waals surface area contributed by atoms with Crippen LogP contribution in [0.5, 0.6) is 0 Å². The van der Waals surface area contributed by atoms with E-state index in [-0.39, 0.29) is 30.4 Å². The number of amides is 1. The normalized spacial score (nSPS) is 11.0. The van der Waals surface area contributed by atoms with Gasteiger partial charge in [0.25, 0.3) is 0 Å². The van der Waals surface area contributed by atoms with Crippen molar-refractivity contribution in [2.45, 2.75) is 46.6 Å². The molecule has 0 aromatic heterocycles. The third-order valence-electron chi connectivity index (χ3n) is 4.05. The number of hydrogen-bond acceptors (Lipinski definition) is 1. The highest BCUT2D eigenvalue weighted by molar-refractivity contribution is 5.94. The zero-order valence-electron chi connectivity index (χ0n) is 14.6. The van der Waals surface area contributed by atoms with E-state index in [2.05, 4.69) is 0 Å². The lowest BCUT2D eigenvalue weighted by molar-refractivity contribution is -0.118. The second-order valence-electron chi connectivity index (χ2n) is 6.36. The Balaban J connectivity index is 2.21. The van der Waals surface area contributed by atoms with Gasteiger partial charge in [0.15, 0.2) is 11.6 Å². The van der Waals surface area contributed by atoms with E-state index in [4.69, 9.17) is 0 Å². The summed E-state index contributed by atoms with van der Waals surface area (Å²) in [6, 6.07) is 10.0. The second kappa shape index (κ2) is 7.56. The molecule has 0 radical (unpaired) electrons. The van der Waals surface area contributed by atoms with Gasteiger partial charge in [-0.2, -0.15) is 0 Å². The molecule has 2 rings (SSSR count). The van der Waals surface area contributed by atoms with E-state index in [1.807, 2.05) is 45.9 Å². The zero-order valence-corrected chi connectivity index (χ0v) is 14.6. The van der Waals surface area contributed by atoms with Crippen LogP contribution in [0.15, 0.2) is 36.4 Å². The van der Waals surface area contributed by atoms with E-state index in [1.54, 1.807) is 4.90 Å². The highest BCUT2D eigenvalue weighted by atomic mass is 19.2. The van der Waals surface area contributed by atoms with E-state index < -0.39 is 11.6 Å². The number of carbonyl (C=O) groups excluding carboxylic acids is 1. The summed E-state index contributed by atoms with van der Waals surface area (Å²) < 4.78 is 27.0. The van der Waals surface area contributed by atoms with Crippen LogP contribution < -0.4 is 4.90 Å². The topological polar surface area (TPSA) is 20.3 Å². The van der Waals surface area contributed by atoms with Crippen molar-refractivity contribution in [3.8, 4) is 0 Å². The first-order chi connectivity index (χ1) is 11.3. The van der Waals surface area contributed by atoms with Crippen molar-refractivity contribution in [1.82, 2.24) is 0 Å². The van der Waals surface area contributed by atoms with E-state index in [0.717, 1.165) is 22.9 Å². The standard InChI is InChI=1S/C20H23F2NO/c1-13(2)23(18-12-14(3)8-9-15(18)4)19(24)11-10-16-6-5-7-17(21)20(16)22/h5-9,12-13H,10-11H2,1-4H3. The first kappa shape index (κ1) is 18.1. The smallest absolute Gasteiger partial charge is 0.227 e. The number of benzene rings is 2. The van der Waals surface area contributed by atoms with Crippen LogP contribution >= 0.6 is 0 Å². The molecule has 24 heavy (non-hydrogen) atoms. The Morgan fingerprint density at radius 2 is 1.83 bits per heavy atom. The maximum Gasteiger partial charge on any atom is 0.227 e. The van der Waals surface area contributed by atoms with Gasteiger partial charge in [-0.05, 0) is 62.9 Å². The van der Waals surface area contributed by atoms with Gasteiger partial charge >= 0.3 is 0 Å². The summed E-state index contributed by atoms with van der Waals surface area (Å²) in [6.07, 6.45) is 0.308. The molecule has 0 atom stereocenters. The fourth-order valence-electron chi connectivity index (χ4n) is 2.78. The molecule has 0 saturated heterocycles. The lowest BCUT2D eigenvalue weighted by Crippen LogP contribution is -2.37. The van der Waals surface area contributed by atoms with Crippen molar-refractivity contribution in [3.05, 3.63) is 64.7 Å². The fraction of sp³-hybridized carbons (Fsp3) is 0.350. The number of aryl methyl sites for hydroxylation is 3. The van der Waals surface area contributed by atoms with Crippen LogP contribution in [0.4, 0.5) is 14.5 Å². The quantitative estimate of drug-likeness (QED) is 0.758. The molecular weight excluding hydrogens is 308 g/mol. The number of carbonyl (C=O) groups is 1. The van der Waals surface area contributed by atoms with Crippen molar-refractivity contribution >= 4 is 11.6 Å². The summed E-state index contributed by atoms with van der Waals surface area (Å²) >= 11 is 0. The molecular formula is C20H23F2NO. The minimum absolute atomic E-state index is 0.0182. The summed E-state index contributed by atoms with van der Waals surface area (Å²) in [7, 11) is 0. The van der Waals surface area contributed by atoms with E-state index in [9.17, 15) is 13.6 Å². The lowest BCUT2D eigenvalue weighted by Gasteiger charge is -2.29. The molecule has 0 saturated carbocycles. The summed E-state index contributed by atoms with van der Waals surface area (Å²) in [6.45, 7) is 7.84. The Morgan fingerprint density at radius 1 is 1.12 bits per heavy atom. The summed E-state index contributed by atoms with van der Waals surface area (Å²) in [5.74, 6) is -1.84. The molecule has 0 aliphatic carbocycles. The highest BCUT2D eigenvalue weighted by Gasteiger charge is 2.21. The third kappa shape index (κ3) is 3.99. The van der Waals surface area contributed by atoms with Crippen LogP contribution in [0.25, 0.3) is 0 Å². The molecule has 0 fully saturated rings. The minimum atomic E-state index is -0.879. The van der Waals surface area contributed by atoms with Crippen LogP contribution in [0.2, 0.25) is 0 Å². The van der Waals surface area contributed by atoms with Crippen LogP contribution in [0.3, 0.4) is 0 Å². The SMILES string of the molecule is Cc1ccc(C)c(N(C(=O)CCc2cccc(F)c2F)C(C)C)c1. The summed E-state index contributed by atoms with van der Waals surface area (Å²) in [5, 5.41) is 0. The van der Waals surface area contributed by atoms with E-state index in [0.29, 0.717) is 0 Å². The molecule has 2 aromatic carbocycles. The van der Waals surface area contributed by atoms with Gasteiger partial charge in [-0.15, -0.1) is 0 Å². The average Bonchev–Trinajstić information content (AvgIpc) is 2.52. The van der Waals surface area contributed by atoms with Gasteiger partial charge in [-0.25, -0.2) is 8.78 Å². The first-order valence-corrected chi connectivity index (χ1v) is 8.13. The van der Waals surface area contributed by atoms with Gasteiger partial charge in [-0.3, -0.25) is 4.79 Å². The van der Waals surface area contributed by atoms with E-state index >= 15 is 0 Å². The Labute approximate surface area is 142 Å². The predicted molar refractivity (Wildman–Crippen MR) is 93.2 cm³/mol. The maximum atomic E-state index is 13.8. The molecule has 2 aromatic rings. The van der Waals surface area contributed by atoms with Gasteiger partial charge in [-0.1, -0.05) is 24.3 Å².